The molecular weight excluding hydrogens is 596 g/mol. The average molecular weight is 625 g/mol. The fourth-order valence-corrected chi connectivity index (χ4v) is 7.59. The van der Waals surface area contributed by atoms with E-state index < -0.39 is 0 Å². The number of benzene rings is 5. The molecule has 0 saturated carbocycles. The first-order valence-electron chi connectivity index (χ1n) is 15.2. The number of hydrogen-bond acceptors (Lipinski definition) is 5. The van der Waals surface area contributed by atoms with Gasteiger partial charge in [0.1, 0.15) is 12.4 Å². The zero-order valence-electron chi connectivity index (χ0n) is 25.1. The summed E-state index contributed by atoms with van der Waals surface area (Å²) in [5.41, 5.74) is 6.98. The lowest BCUT2D eigenvalue weighted by Crippen LogP contribution is -2.38. The lowest BCUT2D eigenvalue weighted by atomic mass is 9.83. The Balaban J connectivity index is 1.18. The Labute approximate surface area is 268 Å². The van der Waals surface area contributed by atoms with Crippen LogP contribution in [0, 0.1) is 5.82 Å². The van der Waals surface area contributed by atoms with Gasteiger partial charge in [-0.2, -0.15) is 0 Å². The predicted octanol–water partition coefficient (Wildman–Crippen LogP) is 7.20. The number of nitrogens with zero attached hydrogens (tertiary/aromatic N) is 2. The van der Waals surface area contributed by atoms with E-state index in [-0.39, 0.29) is 17.4 Å². The second-order valence-corrected chi connectivity index (χ2v) is 12.5. The average Bonchev–Trinajstić information content (AvgIpc) is 3.40. The van der Waals surface area contributed by atoms with Crippen molar-refractivity contribution in [1.82, 2.24) is 4.57 Å². The molecule has 0 amide bonds. The van der Waals surface area contributed by atoms with Crippen LogP contribution in [0.15, 0.2) is 125 Å². The Morgan fingerprint density at radius 1 is 0.913 bits per heavy atom. The minimum atomic E-state index is -0.360. The molecular formula is C39H29FN2O3S. The van der Waals surface area contributed by atoms with Gasteiger partial charge in [0.25, 0.3) is 5.56 Å². The molecule has 7 heteroatoms. The van der Waals surface area contributed by atoms with Crippen molar-refractivity contribution in [2.45, 2.75) is 25.5 Å². The monoisotopic (exact) mass is 624 g/mol. The number of aryl methyl sites for hydroxylation is 1. The number of halogens is 1. The topological polar surface area (TPSA) is 52.8 Å². The van der Waals surface area contributed by atoms with Crippen molar-refractivity contribution in [3.05, 3.63) is 168 Å². The van der Waals surface area contributed by atoms with Gasteiger partial charge in [0, 0.05) is 5.56 Å². The first kappa shape index (κ1) is 28.2. The maximum Gasteiger partial charge on any atom is 0.271 e. The molecule has 0 N–H and O–H groups in total. The minimum Gasteiger partial charge on any atom is -0.493 e. The van der Waals surface area contributed by atoms with Crippen molar-refractivity contribution < 1.29 is 13.9 Å². The number of allylic oxidation sites excluding steroid dienone is 1. The summed E-state index contributed by atoms with van der Waals surface area (Å²) in [6, 6.07) is 34.5. The number of thiazole rings is 1. The van der Waals surface area contributed by atoms with E-state index in [1.807, 2.05) is 54.6 Å². The number of ether oxygens (including phenoxy) is 2. The predicted molar refractivity (Wildman–Crippen MR) is 180 cm³/mol. The third-order valence-corrected chi connectivity index (χ3v) is 9.79. The summed E-state index contributed by atoms with van der Waals surface area (Å²) in [7, 11) is 1.61. The van der Waals surface area contributed by atoms with Crippen molar-refractivity contribution in [2.75, 3.05) is 7.11 Å². The van der Waals surface area contributed by atoms with Crippen molar-refractivity contribution in [3.8, 4) is 11.5 Å². The van der Waals surface area contributed by atoms with E-state index in [0.717, 1.165) is 51.8 Å². The third kappa shape index (κ3) is 4.93. The molecule has 2 aliphatic rings. The van der Waals surface area contributed by atoms with Gasteiger partial charge in [-0.25, -0.2) is 9.38 Å². The quantitative estimate of drug-likeness (QED) is 0.197. The number of hydrogen-bond donors (Lipinski definition) is 0. The van der Waals surface area contributed by atoms with Crippen LogP contribution in [-0.2, 0) is 13.0 Å². The zero-order chi connectivity index (χ0) is 31.2. The Kier molecular flexibility index (Phi) is 7.11. The zero-order valence-corrected chi connectivity index (χ0v) is 25.9. The molecule has 5 aromatic carbocycles. The van der Waals surface area contributed by atoms with Crippen LogP contribution in [0.1, 0.15) is 40.3 Å². The molecule has 5 nitrogen and oxygen atoms in total. The molecule has 8 rings (SSSR count). The largest absolute Gasteiger partial charge is 0.493 e. The van der Waals surface area contributed by atoms with Crippen LogP contribution in [0.25, 0.3) is 22.5 Å². The van der Waals surface area contributed by atoms with Crippen LogP contribution in [-0.4, -0.2) is 11.7 Å². The number of aromatic nitrogens is 1. The first-order chi connectivity index (χ1) is 22.6. The Morgan fingerprint density at radius 3 is 2.59 bits per heavy atom. The van der Waals surface area contributed by atoms with E-state index in [1.54, 1.807) is 23.8 Å². The summed E-state index contributed by atoms with van der Waals surface area (Å²) in [6.45, 7) is 0.396. The van der Waals surface area contributed by atoms with Crippen LogP contribution in [0.5, 0.6) is 11.5 Å². The molecule has 46 heavy (non-hydrogen) atoms. The lowest BCUT2D eigenvalue weighted by molar-refractivity contribution is 0.285. The van der Waals surface area contributed by atoms with Gasteiger partial charge < -0.3 is 9.47 Å². The summed E-state index contributed by atoms with van der Waals surface area (Å²) < 4.78 is 28.2. The number of methoxy groups -OCH3 is 1. The van der Waals surface area contributed by atoms with E-state index in [9.17, 15) is 9.18 Å². The van der Waals surface area contributed by atoms with Crippen molar-refractivity contribution in [3.63, 3.8) is 0 Å². The van der Waals surface area contributed by atoms with Crippen LogP contribution in [0.2, 0.25) is 0 Å². The van der Waals surface area contributed by atoms with Crippen LogP contribution < -0.4 is 24.4 Å². The molecule has 0 saturated heterocycles. The summed E-state index contributed by atoms with van der Waals surface area (Å²) in [5.74, 6) is 0.896. The third-order valence-electron chi connectivity index (χ3n) is 8.81. The number of fused-ring (bicyclic) bond motifs is 4. The second kappa shape index (κ2) is 11.6. The molecule has 1 aromatic heterocycles. The van der Waals surface area contributed by atoms with Gasteiger partial charge in [-0.05, 0) is 81.8 Å². The summed E-state index contributed by atoms with van der Waals surface area (Å²) in [4.78, 5) is 19.8. The van der Waals surface area contributed by atoms with Crippen molar-refractivity contribution >= 4 is 33.9 Å². The van der Waals surface area contributed by atoms with E-state index in [0.29, 0.717) is 27.4 Å². The van der Waals surface area contributed by atoms with Gasteiger partial charge >= 0.3 is 0 Å². The lowest BCUT2D eigenvalue weighted by Gasteiger charge is -2.30. The van der Waals surface area contributed by atoms with Gasteiger partial charge in [0.15, 0.2) is 16.3 Å². The maximum atomic E-state index is 14.1. The minimum absolute atomic E-state index is 0.126. The van der Waals surface area contributed by atoms with E-state index in [4.69, 9.17) is 14.5 Å². The van der Waals surface area contributed by atoms with E-state index in [2.05, 4.69) is 36.4 Å². The Hall–Kier alpha value is -5.27. The number of rotatable bonds is 6. The molecule has 1 aliphatic heterocycles. The molecule has 1 aliphatic carbocycles. The van der Waals surface area contributed by atoms with Crippen molar-refractivity contribution in [1.29, 1.82) is 0 Å². The van der Waals surface area contributed by atoms with Crippen LogP contribution >= 0.6 is 11.3 Å². The Morgan fingerprint density at radius 2 is 1.72 bits per heavy atom. The van der Waals surface area contributed by atoms with Gasteiger partial charge in [-0.1, -0.05) is 96.3 Å². The SMILES string of the molecule is COc1cc(/C=c2/sc3n(c2=O)[C@@H](c2ccc(F)cc2)C2=C(N=3)c3ccccc3CC2)ccc1OCc1cccc2ccccc12. The van der Waals surface area contributed by atoms with Crippen LogP contribution in [0.4, 0.5) is 4.39 Å². The highest BCUT2D eigenvalue weighted by Gasteiger charge is 2.32. The summed E-state index contributed by atoms with van der Waals surface area (Å²) in [5, 5.41) is 2.32. The fourth-order valence-electron chi connectivity index (χ4n) is 6.59. The molecule has 0 fully saturated rings. The standard InChI is InChI=1S/C39H29FN2O3S/c1-44-34-21-24(13-20-33(34)45-23-28-10-6-9-25-7-2-4-11-30(25)28)22-35-38(43)42-37(27-14-17-29(40)18-15-27)32-19-16-26-8-3-5-12-31(26)36(32)41-39(42)46-35/h2-15,17-18,20-22,37H,16,19,23H2,1H3/b35-22+/t37-/m0/s1. The van der Waals surface area contributed by atoms with Crippen molar-refractivity contribution in [2.24, 2.45) is 4.99 Å². The second-order valence-electron chi connectivity index (χ2n) is 11.5. The maximum absolute atomic E-state index is 14.1. The van der Waals surface area contributed by atoms with Crippen LogP contribution in [0.3, 0.4) is 0 Å². The van der Waals surface area contributed by atoms with E-state index in [1.165, 1.54) is 34.4 Å². The molecule has 0 unspecified atom stereocenters. The highest BCUT2D eigenvalue weighted by Crippen LogP contribution is 2.41. The molecule has 0 spiro atoms. The fraction of sp³-hybridized carbons (Fsp3) is 0.128. The normalized spacial score (nSPS) is 15.6. The smallest absolute Gasteiger partial charge is 0.271 e. The first-order valence-corrected chi connectivity index (χ1v) is 16.0. The molecule has 226 valence electrons. The highest BCUT2D eigenvalue weighted by molar-refractivity contribution is 7.07. The molecule has 2 heterocycles. The van der Waals surface area contributed by atoms with Gasteiger partial charge in [0.05, 0.1) is 23.4 Å². The molecule has 0 radical (unpaired) electrons. The molecule has 6 aromatic rings. The Bertz CT molecular complexity index is 2350. The van der Waals surface area contributed by atoms with Gasteiger partial charge in [0.2, 0.25) is 0 Å². The molecule has 0 bridgehead atoms. The summed E-state index contributed by atoms with van der Waals surface area (Å²) in [6.07, 6.45) is 3.51. The van der Waals surface area contributed by atoms with Gasteiger partial charge in [-0.3, -0.25) is 9.36 Å². The highest BCUT2D eigenvalue weighted by atomic mass is 32.1. The molecule has 1 atom stereocenters. The summed E-state index contributed by atoms with van der Waals surface area (Å²) >= 11 is 1.36. The van der Waals surface area contributed by atoms with E-state index >= 15 is 0 Å². The van der Waals surface area contributed by atoms with Gasteiger partial charge in [-0.15, -0.1) is 0 Å².